The molecule has 0 unspecified atom stereocenters. The molecule has 2 rings (SSSR count). The van der Waals surface area contributed by atoms with Crippen LogP contribution in [0.2, 0.25) is 0 Å². The van der Waals surface area contributed by atoms with E-state index in [-0.39, 0.29) is 17.5 Å². The highest BCUT2D eigenvalue weighted by Crippen LogP contribution is 2.21. The van der Waals surface area contributed by atoms with Gasteiger partial charge in [0.2, 0.25) is 10.0 Å². The van der Waals surface area contributed by atoms with Gasteiger partial charge in [0.25, 0.3) is 0 Å². The molecule has 0 bridgehead atoms. The van der Waals surface area contributed by atoms with Crippen LogP contribution in [0.5, 0.6) is 5.75 Å². The predicted octanol–water partition coefficient (Wildman–Crippen LogP) is 2.75. The summed E-state index contributed by atoms with van der Waals surface area (Å²) in [5.74, 6) is 0.659. The van der Waals surface area contributed by atoms with Gasteiger partial charge in [-0.15, -0.1) is 11.3 Å². The number of nitrogens with zero attached hydrogens (tertiary/aromatic N) is 2. The second kappa shape index (κ2) is 6.55. The summed E-state index contributed by atoms with van der Waals surface area (Å²) in [6.45, 7) is 4.11. The summed E-state index contributed by atoms with van der Waals surface area (Å²) in [5, 5.41) is 2.59. The van der Waals surface area contributed by atoms with Crippen LogP contribution < -0.4 is 4.74 Å². The van der Waals surface area contributed by atoms with Crippen LogP contribution in [0.15, 0.2) is 40.7 Å². The van der Waals surface area contributed by atoms with Crippen LogP contribution in [0, 0.1) is 0 Å². The van der Waals surface area contributed by atoms with E-state index < -0.39 is 10.0 Å². The maximum absolute atomic E-state index is 12.5. The topological polar surface area (TPSA) is 59.5 Å². The summed E-state index contributed by atoms with van der Waals surface area (Å²) in [6, 6.07) is 6.46. The Morgan fingerprint density at radius 2 is 1.95 bits per heavy atom. The Hall–Kier alpha value is -1.44. The summed E-state index contributed by atoms with van der Waals surface area (Å²) < 4.78 is 31.7. The minimum Gasteiger partial charge on any atom is -0.491 e. The lowest BCUT2D eigenvalue weighted by atomic mass is 10.3. The highest BCUT2D eigenvalue weighted by molar-refractivity contribution is 7.89. The van der Waals surface area contributed by atoms with Gasteiger partial charge in [-0.25, -0.2) is 13.4 Å². The zero-order valence-electron chi connectivity index (χ0n) is 12.2. The third-order valence-electron chi connectivity index (χ3n) is 2.75. The lowest BCUT2D eigenvalue weighted by Gasteiger charge is -2.16. The molecule has 1 aromatic heterocycles. The van der Waals surface area contributed by atoms with Crippen LogP contribution in [0.25, 0.3) is 0 Å². The largest absolute Gasteiger partial charge is 0.491 e. The molecule has 0 radical (unpaired) electrons. The van der Waals surface area contributed by atoms with E-state index >= 15 is 0 Å². The molecule has 114 valence electrons. The van der Waals surface area contributed by atoms with E-state index in [0.29, 0.717) is 5.75 Å². The molecule has 0 aliphatic rings. The Bertz CT molecular complexity index is 665. The molecule has 0 fully saturated rings. The Morgan fingerprint density at radius 1 is 1.29 bits per heavy atom. The number of thiazole rings is 1. The van der Waals surface area contributed by atoms with Crippen molar-refractivity contribution in [3.63, 3.8) is 0 Å². The van der Waals surface area contributed by atoms with Crippen molar-refractivity contribution in [2.45, 2.75) is 31.4 Å². The zero-order valence-corrected chi connectivity index (χ0v) is 13.8. The van der Waals surface area contributed by atoms with E-state index in [1.54, 1.807) is 37.5 Å². The van der Waals surface area contributed by atoms with Gasteiger partial charge >= 0.3 is 0 Å². The SMILES string of the molecule is CC(C)Oc1ccc(S(=O)(=O)N(C)Cc2nccs2)cc1. The molecule has 0 aliphatic carbocycles. The standard InChI is InChI=1S/C14H18N2O3S2/c1-11(2)19-12-4-6-13(7-5-12)21(17,18)16(3)10-14-15-8-9-20-14/h4-9,11H,10H2,1-3H3. The molecule has 0 N–H and O–H groups in total. The van der Waals surface area contributed by atoms with E-state index in [1.807, 2.05) is 19.2 Å². The van der Waals surface area contributed by atoms with Crippen molar-refractivity contribution >= 4 is 21.4 Å². The first kappa shape index (κ1) is 15.9. The van der Waals surface area contributed by atoms with Crippen LogP contribution in [0.1, 0.15) is 18.9 Å². The lowest BCUT2D eigenvalue weighted by molar-refractivity contribution is 0.242. The second-order valence-corrected chi connectivity index (χ2v) is 7.85. The highest BCUT2D eigenvalue weighted by Gasteiger charge is 2.21. The zero-order chi connectivity index (χ0) is 15.5. The first-order valence-electron chi connectivity index (χ1n) is 6.51. The van der Waals surface area contributed by atoms with Crippen molar-refractivity contribution in [3.05, 3.63) is 40.8 Å². The van der Waals surface area contributed by atoms with Crippen LogP contribution >= 0.6 is 11.3 Å². The van der Waals surface area contributed by atoms with Crippen molar-refractivity contribution in [1.82, 2.24) is 9.29 Å². The summed E-state index contributed by atoms with van der Waals surface area (Å²) in [6.07, 6.45) is 1.72. The molecule has 21 heavy (non-hydrogen) atoms. The molecule has 7 heteroatoms. The van der Waals surface area contributed by atoms with Crippen molar-refractivity contribution < 1.29 is 13.2 Å². The maximum atomic E-state index is 12.5. The van der Waals surface area contributed by atoms with Crippen LogP contribution in [0.4, 0.5) is 0 Å². The number of benzene rings is 1. The Kier molecular flexibility index (Phi) is 4.97. The molecule has 0 saturated carbocycles. The number of ether oxygens (including phenoxy) is 1. The van der Waals surface area contributed by atoms with Crippen LogP contribution in [0.3, 0.4) is 0 Å². The molecule has 0 aliphatic heterocycles. The molecule has 0 spiro atoms. The first-order valence-corrected chi connectivity index (χ1v) is 8.83. The number of hydrogen-bond acceptors (Lipinski definition) is 5. The Morgan fingerprint density at radius 3 is 2.48 bits per heavy atom. The molecule has 1 aromatic carbocycles. The normalized spacial score (nSPS) is 12.0. The fraction of sp³-hybridized carbons (Fsp3) is 0.357. The van der Waals surface area contributed by atoms with Crippen molar-refractivity contribution in [3.8, 4) is 5.75 Å². The fourth-order valence-corrected chi connectivity index (χ4v) is 3.63. The van der Waals surface area contributed by atoms with E-state index in [2.05, 4.69) is 4.98 Å². The summed E-state index contributed by atoms with van der Waals surface area (Å²) in [5.41, 5.74) is 0. The molecule has 1 heterocycles. The van der Waals surface area contributed by atoms with Gasteiger partial charge in [0.05, 0.1) is 17.5 Å². The fourth-order valence-electron chi connectivity index (χ4n) is 1.75. The molecule has 0 saturated heterocycles. The van der Waals surface area contributed by atoms with E-state index in [9.17, 15) is 8.42 Å². The smallest absolute Gasteiger partial charge is 0.243 e. The number of sulfonamides is 1. The molecule has 5 nitrogen and oxygen atoms in total. The number of aromatic nitrogens is 1. The third kappa shape index (κ3) is 4.03. The van der Waals surface area contributed by atoms with Gasteiger partial charge in [0.1, 0.15) is 10.8 Å². The number of rotatable bonds is 6. The van der Waals surface area contributed by atoms with E-state index in [0.717, 1.165) is 5.01 Å². The summed E-state index contributed by atoms with van der Waals surface area (Å²) in [4.78, 5) is 4.35. The third-order valence-corrected chi connectivity index (χ3v) is 5.33. The molecular weight excluding hydrogens is 308 g/mol. The Balaban J connectivity index is 2.15. The van der Waals surface area contributed by atoms with Crippen LogP contribution in [-0.4, -0.2) is 30.9 Å². The molecule has 2 aromatic rings. The van der Waals surface area contributed by atoms with E-state index in [1.165, 1.54) is 15.6 Å². The summed E-state index contributed by atoms with van der Waals surface area (Å²) >= 11 is 1.43. The summed E-state index contributed by atoms with van der Waals surface area (Å²) in [7, 11) is -1.96. The molecular formula is C14H18N2O3S2. The van der Waals surface area contributed by atoms with Crippen molar-refractivity contribution in [1.29, 1.82) is 0 Å². The van der Waals surface area contributed by atoms with Crippen molar-refractivity contribution in [2.24, 2.45) is 0 Å². The van der Waals surface area contributed by atoms with Gasteiger partial charge in [0.15, 0.2) is 0 Å². The van der Waals surface area contributed by atoms with Gasteiger partial charge < -0.3 is 4.74 Å². The number of hydrogen-bond donors (Lipinski definition) is 0. The predicted molar refractivity (Wildman–Crippen MR) is 83.0 cm³/mol. The average molecular weight is 326 g/mol. The maximum Gasteiger partial charge on any atom is 0.243 e. The monoisotopic (exact) mass is 326 g/mol. The van der Waals surface area contributed by atoms with Gasteiger partial charge in [-0.3, -0.25) is 0 Å². The Labute approximate surface area is 129 Å². The quantitative estimate of drug-likeness (QED) is 0.819. The molecule has 0 amide bonds. The van der Waals surface area contributed by atoms with E-state index in [4.69, 9.17) is 4.74 Å². The first-order chi connectivity index (χ1) is 9.89. The van der Waals surface area contributed by atoms with Gasteiger partial charge in [0, 0.05) is 18.6 Å². The average Bonchev–Trinajstić information content (AvgIpc) is 2.91. The van der Waals surface area contributed by atoms with Gasteiger partial charge in [-0.2, -0.15) is 4.31 Å². The van der Waals surface area contributed by atoms with Crippen molar-refractivity contribution in [2.75, 3.05) is 7.05 Å². The molecule has 0 atom stereocenters. The van der Waals surface area contributed by atoms with Crippen LogP contribution in [-0.2, 0) is 16.6 Å². The highest BCUT2D eigenvalue weighted by atomic mass is 32.2. The van der Waals surface area contributed by atoms with Gasteiger partial charge in [-0.1, -0.05) is 0 Å². The second-order valence-electron chi connectivity index (χ2n) is 4.82. The minimum atomic E-state index is -3.52. The van der Waals surface area contributed by atoms with Gasteiger partial charge in [-0.05, 0) is 38.1 Å². The minimum absolute atomic E-state index is 0.0556. The lowest BCUT2D eigenvalue weighted by Crippen LogP contribution is -2.26.